The number of para-hydroxylation sites is 1. The molecule has 78 valence electrons. The van der Waals surface area contributed by atoms with Crippen molar-refractivity contribution in [3.8, 4) is 5.75 Å². The minimum Gasteiger partial charge on any atom is -0.508 e. The third-order valence-corrected chi connectivity index (χ3v) is 2.34. The Kier molecular flexibility index (Phi) is 5.22. The average Bonchev–Trinajstić information content (AvgIpc) is 2.25. The molecule has 0 saturated carbocycles. The van der Waals surface area contributed by atoms with Crippen LogP contribution in [0.1, 0.15) is 0 Å². The molecule has 1 N–H and O–H groups in total. The van der Waals surface area contributed by atoms with E-state index in [-0.39, 0.29) is 0 Å². The van der Waals surface area contributed by atoms with Crippen molar-refractivity contribution in [3.05, 3.63) is 64.1 Å². The lowest BCUT2D eigenvalue weighted by Crippen LogP contribution is -1.61. The molecular weight excluding hydrogens is 275 g/mol. The van der Waals surface area contributed by atoms with Gasteiger partial charge in [-0.25, -0.2) is 0 Å². The van der Waals surface area contributed by atoms with Gasteiger partial charge in [0.15, 0.2) is 0 Å². The topological polar surface area (TPSA) is 20.2 Å². The van der Waals surface area contributed by atoms with Crippen LogP contribution in [0, 0.1) is 0 Å². The molecule has 15 heavy (non-hydrogen) atoms. The Hall–Kier alpha value is -0.990. The van der Waals surface area contributed by atoms with E-state index >= 15 is 0 Å². The summed E-state index contributed by atoms with van der Waals surface area (Å²) in [6.45, 7) is 0. The predicted octanol–water partition coefficient (Wildman–Crippen LogP) is 4.49. The van der Waals surface area contributed by atoms with Gasteiger partial charge in [0.25, 0.3) is 0 Å². The van der Waals surface area contributed by atoms with Crippen molar-refractivity contribution in [1.29, 1.82) is 0 Å². The van der Waals surface area contributed by atoms with Gasteiger partial charge in [-0.1, -0.05) is 45.7 Å². The summed E-state index contributed by atoms with van der Waals surface area (Å²) in [6.07, 6.45) is 0. The van der Waals surface area contributed by atoms with Gasteiger partial charge in [0.05, 0.1) is 0 Å². The molecule has 0 aliphatic rings. The molecule has 1 nitrogen and oxygen atoms in total. The Morgan fingerprint density at radius 2 is 1.40 bits per heavy atom. The number of rotatable bonds is 0. The summed E-state index contributed by atoms with van der Waals surface area (Å²) >= 11 is 8.88. The highest BCUT2D eigenvalue weighted by molar-refractivity contribution is 9.10. The van der Waals surface area contributed by atoms with Crippen LogP contribution in [0.4, 0.5) is 0 Å². The molecule has 0 spiro atoms. The van der Waals surface area contributed by atoms with E-state index < -0.39 is 0 Å². The van der Waals surface area contributed by atoms with E-state index in [1.54, 1.807) is 24.3 Å². The van der Waals surface area contributed by atoms with Crippen LogP contribution in [0.3, 0.4) is 0 Å². The molecule has 2 rings (SSSR count). The quantitative estimate of drug-likeness (QED) is 0.756. The molecule has 0 saturated heterocycles. The van der Waals surface area contributed by atoms with Crippen LogP contribution >= 0.6 is 27.5 Å². The molecule has 0 unspecified atom stereocenters. The molecule has 0 aliphatic heterocycles. The number of phenols is 1. The van der Waals surface area contributed by atoms with E-state index in [1.165, 1.54) is 0 Å². The van der Waals surface area contributed by atoms with Crippen LogP contribution in [-0.4, -0.2) is 5.11 Å². The second kappa shape index (κ2) is 6.49. The van der Waals surface area contributed by atoms with E-state index in [0.29, 0.717) is 5.75 Å². The zero-order chi connectivity index (χ0) is 11.1. The summed E-state index contributed by atoms with van der Waals surface area (Å²) in [5.41, 5.74) is 0. The Labute approximate surface area is 102 Å². The molecule has 3 heteroatoms. The molecule has 0 amide bonds. The minimum atomic E-state index is 0.322. The van der Waals surface area contributed by atoms with Gasteiger partial charge < -0.3 is 5.11 Å². The summed E-state index contributed by atoms with van der Waals surface area (Å²) in [5, 5.41) is 9.40. The van der Waals surface area contributed by atoms with E-state index in [4.69, 9.17) is 16.7 Å². The number of hydrogen-bond acceptors (Lipinski definition) is 1. The standard InChI is InChI=1S/C6H4BrCl.C6H6O/c7-5-1-3-6(8)4-2-5;7-6-4-2-1-3-5-6/h1-4H;1-5,7H. The first-order valence-corrected chi connectivity index (χ1v) is 5.50. The number of aromatic hydroxyl groups is 1. The summed E-state index contributed by atoms with van der Waals surface area (Å²) in [5.74, 6) is 0.322. The highest BCUT2D eigenvalue weighted by Crippen LogP contribution is 2.13. The Morgan fingerprint density at radius 1 is 0.867 bits per heavy atom. The lowest BCUT2D eigenvalue weighted by Gasteiger charge is -1.86. The number of phenolic OH excluding ortho intramolecular Hbond substituents is 1. The van der Waals surface area contributed by atoms with Crippen molar-refractivity contribution in [2.45, 2.75) is 0 Å². The van der Waals surface area contributed by atoms with Crippen molar-refractivity contribution in [2.24, 2.45) is 0 Å². The molecule has 0 heterocycles. The van der Waals surface area contributed by atoms with Crippen molar-refractivity contribution in [1.82, 2.24) is 0 Å². The number of benzene rings is 2. The second-order valence-electron chi connectivity index (χ2n) is 2.77. The van der Waals surface area contributed by atoms with Crippen LogP contribution in [-0.2, 0) is 0 Å². The fourth-order valence-electron chi connectivity index (χ4n) is 0.858. The van der Waals surface area contributed by atoms with Crippen LogP contribution in [0.15, 0.2) is 59.1 Å². The molecule has 0 radical (unpaired) electrons. The monoisotopic (exact) mass is 284 g/mol. The second-order valence-corrected chi connectivity index (χ2v) is 4.12. The Bertz CT molecular complexity index is 365. The molecular formula is C12H10BrClO. The first-order chi connectivity index (χ1) is 7.18. The van der Waals surface area contributed by atoms with Crippen molar-refractivity contribution in [3.63, 3.8) is 0 Å². The normalized spacial score (nSPS) is 8.93. The smallest absolute Gasteiger partial charge is 0.115 e. The Balaban J connectivity index is 0.000000151. The fraction of sp³-hybridized carbons (Fsp3) is 0. The highest BCUT2D eigenvalue weighted by Gasteiger charge is 1.83. The maximum atomic E-state index is 8.63. The fourth-order valence-corrected chi connectivity index (χ4v) is 1.25. The van der Waals surface area contributed by atoms with E-state index in [1.807, 2.05) is 30.3 Å². The van der Waals surface area contributed by atoms with Gasteiger partial charge in [-0.2, -0.15) is 0 Å². The predicted molar refractivity (Wildman–Crippen MR) is 67.3 cm³/mol. The summed E-state index contributed by atoms with van der Waals surface area (Å²) < 4.78 is 1.06. The van der Waals surface area contributed by atoms with Gasteiger partial charge >= 0.3 is 0 Å². The molecule has 0 bridgehead atoms. The summed E-state index contributed by atoms with van der Waals surface area (Å²) in [7, 11) is 0. The Morgan fingerprint density at radius 3 is 1.73 bits per heavy atom. The highest BCUT2D eigenvalue weighted by atomic mass is 79.9. The largest absolute Gasteiger partial charge is 0.508 e. The van der Waals surface area contributed by atoms with Crippen LogP contribution < -0.4 is 0 Å². The van der Waals surface area contributed by atoms with Crippen LogP contribution in [0.2, 0.25) is 5.02 Å². The maximum absolute atomic E-state index is 8.63. The van der Waals surface area contributed by atoms with E-state index in [2.05, 4.69) is 15.9 Å². The third-order valence-electron chi connectivity index (χ3n) is 1.56. The molecule has 0 aliphatic carbocycles. The van der Waals surface area contributed by atoms with Gasteiger partial charge in [-0.3, -0.25) is 0 Å². The molecule has 0 aromatic heterocycles. The van der Waals surface area contributed by atoms with Crippen molar-refractivity contribution in [2.75, 3.05) is 0 Å². The SMILES string of the molecule is Clc1ccc(Br)cc1.Oc1ccccc1. The van der Waals surface area contributed by atoms with Crippen LogP contribution in [0.5, 0.6) is 5.75 Å². The third kappa shape index (κ3) is 5.45. The zero-order valence-electron chi connectivity index (χ0n) is 7.90. The lowest BCUT2D eigenvalue weighted by molar-refractivity contribution is 0.475. The molecule has 0 atom stereocenters. The minimum absolute atomic E-state index is 0.322. The molecule has 2 aromatic carbocycles. The lowest BCUT2D eigenvalue weighted by atomic mass is 10.3. The number of hydrogen-bond donors (Lipinski definition) is 1. The molecule has 0 fully saturated rings. The van der Waals surface area contributed by atoms with Crippen LogP contribution in [0.25, 0.3) is 0 Å². The van der Waals surface area contributed by atoms with E-state index in [9.17, 15) is 0 Å². The van der Waals surface area contributed by atoms with Gasteiger partial charge in [0.2, 0.25) is 0 Å². The summed E-state index contributed by atoms with van der Waals surface area (Å²) in [4.78, 5) is 0. The summed E-state index contributed by atoms with van der Waals surface area (Å²) in [6, 6.07) is 16.2. The maximum Gasteiger partial charge on any atom is 0.115 e. The van der Waals surface area contributed by atoms with Gasteiger partial charge in [0, 0.05) is 9.50 Å². The first kappa shape index (κ1) is 12.1. The van der Waals surface area contributed by atoms with Crippen molar-refractivity contribution >= 4 is 27.5 Å². The van der Waals surface area contributed by atoms with Gasteiger partial charge in [-0.05, 0) is 36.4 Å². The first-order valence-electron chi connectivity index (χ1n) is 4.33. The number of halogens is 2. The average molecular weight is 286 g/mol. The zero-order valence-corrected chi connectivity index (χ0v) is 10.2. The van der Waals surface area contributed by atoms with Crippen molar-refractivity contribution < 1.29 is 5.11 Å². The van der Waals surface area contributed by atoms with Gasteiger partial charge in [-0.15, -0.1) is 0 Å². The van der Waals surface area contributed by atoms with E-state index in [0.717, 1.165) is 9.50 Å². The van der Waals surface area contributed by atoms with Gasteiger partial charge in [0.1, 0.15) is 5.75 Å². The molecule has 2 aromatic rings.